The zero-order valence-electron chi connectivity index (χ0n) is 60.9. The fourth-order valence-electron chi connectivity index (χ4n) is 15.8. The van der Waals surface area contributed by atoms with Gasteiger partial charge in [0.1, 0.15) is 23.3 Å². The van der Waals surface area contributed by atoms with Crippen molar-refractivity contribution in [2.45, 2.75) is 233 Å². The van der Waals surface area contributed by atoms with Crippen molar-refractivity contribution in [1.82, 2.24) is 29.1 Å². The lowest BCUT2D eigenvalue weighted by Crippen LogP contribution is -2.32. The van der Waals surface area contributed by atoms with Crippen molar-refractivity contribution in [3.8, 4) is 23.7 Å². The Labute approximate surface area is 593 Å². The van der Waals surface area contributed by atoms with Crippen LogP contribution in [0.5, 0.6) is 0 Å². The molecule has 6 heterocycles. The summed E-state index contributed by atoms with van der Waals surface area (Å²) in [4.78, 5) is 38.1. The van der Waals surface area contributed by atoms with E-state index in [1.165, 1.54) is 127 Å². The van der Waals surface area contributed by atoms with Crippen molar-refractivity contribution < 1.29 is 14.5 Å². The van der Waals surface area contributed by atoms with Crippen LogP contribution in [0.4, 0.5) is 11.4 Å². The SMILES string of the molecule is CCCCCCCCN1/C(=C/C2=C(O)C(=C\C3=[N+](CCCCCCCC)c4ccc(C#Cc5ccc6c7nc8ccccc8nc7n(CCCCCCCC)c6c5)cc4C3(C)C)/C2=O)C(C)(C)c2cc(C#Cc3ccc4c5nc6ccccc6nc5n(CCCCCCCC)c4c3)ccc21. The van der Waals surface area contributed by atoms with Gasteiger partial charge in [-0.1, -0.05) is 211 Å². The highest BCUT2D eigenvalue weighted by Crippen LogP contribution is 2.50. The van der Waals surface area contributed by atoms with Gasteiger partial charge in [-0.2, -0.15) is 4.58 Å². The Balaban J connectivity index is 0.795. The normalized spacial score (nSPS) is 15.5. The second-order valence-corrected chi connectivity index (χ2v) is 29.7. The van der Waals surface area contributed by atoms with Gasteiger partial charge in [0.15, 0.2) is 17.0 Å². The summed E-state index contributed by atoms with van der Waals surface area (Å²) < 4.78 is 7.17. The summed E-state index contributed by atoms with van der Waals surface area (Å²) in [5.74, 6) is 14.3. The highest BCUT2D eigenvalue weighted by molar-refractivity contribution is 6.24. The predicted molar refractivity (Wildman–Crippen MR) is 417 cm³/mol. The zero-order chi connectivity index (χ0) is 69.3. The standard InChI is InChI=1S/C90H102N8O2/c1-9-13-17-21-25-33-53-95-77-51-47-63(41-43-65-45-49-67-79(59-65)97(55-35-27-23-19-15-11-3)87-83(67)91-73-37-29-31-39-75(73)93-87)57-71(77)89(5,6)81(95)61-69-85(99)70(86(69)100)62-82-90(7,8)72-58-64(48-52-78(72)96(82)54-34-26-22-18-14-10-2)42-44-66-46-50-68-80(60-66)98(56-36-28-24-20-16-12-4)88-84(68)92-74-38-30-32-40-76(74)94-88/h29-32,37-40,45-52,57-62H,9-28,33-36,53-56H2,1-8H3/p+1. The number of benzene rings is 6. The Kier molecular flexibility index (Phi) is 21.6. The second kappa shape index (κ2) is 31.2. The lowest BCUT2D eigenvalue weighted by Gasteiger charge is -2.29. The van der Waals surface area contributed by atoms with Gasteiger partial charge in [-0.05, 0) is 142 Å². The molecule has 0 atom stereocenters. The molecule has 10 heteroatoms. The topological polar surface area (TPSA) is 105 Å². The first-order chi connectivity index (χ1) is 48.8. The minimum atomic E-state index is -0.495. The highest BCUT2D eigenvalue weighted by Gasteiger charge is 2.48. The van der Waals surface area contributed by atoms with E-state index >= 15 is 0 Å². The third-order valence-electron chi connectivity index (χ3n) is 21.7. The number of unbranched alkanes of at least 4 members (excludes halogenated alkanes) is 20. The summed E-state index contributed by atoms with van der Waals surface area (Å²) >= 11 is 0. The van der Waals surface area contributed by atoms with Crippen LogP contribution in [0.15, 0.2) is 156 Å². The molecule has 0 saturated heterocycles. The number of para-hydroxylation sites is 4. The molecule has 0 saturated carbocycles. The van der Waals surface area contributed by atoms with Crippen molar-refractivity contribution >= 4 is 89.1 Å². The molecular formula is C90H103N8O2+. The van der Waals surface area contributed by atoms with E-state index in [1.54, 1.807) is 0 Å². The molecule has 6 aromatic carbocycles. The number of aromatic nitrogens is 6. The van der Waals surface area contributed by atoms with E-state index in [4.69, 9.17) is 19.9 Å². The fourth-order valence-corrected chi connectivity index (χ4v) is 15.8. The fraction of sp³-hybridized carbons (Fsp3) is 0.422. The Morgan fingerprint density at radius 1 is 0.450 bits per heavy atom. The maximum atomic E-state index is 15.0. The third kappa shape index (κ3) is 14.3. The molecule has 0 bridgehead atoms. The van der Waals surface area contributed by atoms with Crippen LogP contribution in [0, 0.1) is 23.7 Å². The molecule has 10 nitrogen and oxygen atoms in total. The number of hydrogen-bond donors (Lipinski definition) is 1. The molecule has 1 N–H and O–H groups in total. The number of Topliss-reactive ketones (excluding diaryl/α,β-unsaturated/α-hetero) is 1. The average Bonchev–Trinajstić information content (AvgIpc) is 1.57. The van der Waals surface area contributed by atoms with Crippen LogP contribution in [0.3, 0.4) is 0 Å². The first kappa shape index (κ1) is 69.4. The number of carbonyl (C=O) groups excluding carboxylic acids is 1. The number of fused-ring (bicyclic) bond motifs is 10. The molecule has 10 aromatic rings. The second-order valence-electron chi connectivity index (χ2n) is 29.7. The van der Waals surface area contributed by atoms with Crippen LogP contribution in [0.1, 0.15) is 243 Å². The molecule has 100 heavy (non-hydrogen) atoms. The minimum Gasteiger partial charge on any atom is -0.506 e. The van der Waals surface area contributed by atoms with Crippen LogP contribution in [-0.2, 0) is 28.7 Å². The van der Waals surface area contributed by atoms with Gasteiger partial charge in [-0.25, -0.2) is 19.9 Å². The van der Waals surface area contributed by atoms with Crippen molar-refractivity contribution in [1.29, 1.82) is 0 Å². The highest BCUT2D eigenvalue weighted by atomic mass is 16.3. The maximum absolute atomic E-state index is 15.0. The predicted octanol–water partition coefficient (Wildman–Crippen LogP) is 22.4. The molecule has 0 amide bonds. The summed E-state index contributed by atoms with van der Waals surface area (Å²) in [6, 6.07) is 42.7. The summed E-state index contributed by atoms with van der Waals surface area (Å²) in [6.07, 6.45) is 32.7. The molecule has 13 rings (SSSR count). The Morgan fingerprint density at radius 2 is 0.870 bits per heavy atom. The van der Waals surface area contributed by atoms with E-state index in [-0.39, 0.29) is 11.5 Å². The van der Waals surface area contributed by atoms with Crippen LogP contribution < -0.4 is 4.90 Å². The monoisotopic (exact) mass is 1330 g/mol. The number of hydrogen-bond acceptors (Lipinski definition) is 7. The van der Waals surface area contributed by atoms with Crippen molar-refractivity contribution in [2.75, 3.05) is 18.0 Å². The quantitative estimate of drug-likeness (QED) is 0.0207. The molecule has 2 aliphatic heterocycles. The van der Waals surface area contributed by atoms with Gasteiger partial charge < -0.3 is 19.1 Å². The van der Waals surface area contributed by atoms with E-state index in [9.17, 15) is 9.90 Å². The van der Waals surface area contributed by atoms with Crippen LogP contribution in [0.2, 0.25) is 0 Å². The van der Waals surface area contributed by atoms with E-state index in [0.29, 0.717) is 11.1 Å². The Hall–Kier alpha value is -9.12. The number of ketones is 1. The number of anilines is 1. The molecule has 1 aliphatic carbocycles. The molecule has 0 fully saturated rings. The Bertz CT molecular complexity index is 4980. The van der Waals surface area contributed by atoms with Crippen LogP contribution in [0.25, 0.3) is 66.2 Å². The number of nitrogens with zero attached hydrogens (tertiary/aromatic N) is 8. The molecule has 0 radical (unpaired) electrons. The Morgan fingerprint density at radius 3 is 1.36 bits per heavy atom. The first-order valence-electron chi connectivity index (χ1n) is 38.4. The van der Waals surface area contributed by atoms with E-state index in [0.717, 1.165) is 176 Å². The van der Waals surface area contributed by atoms with Crippen molar-refractivity contribution in [2.24, 2.45) is 0 Å². The maximum Gasteiger partial charge on any atom is 0.209 e. The lowest BCUT2D eigenvalue weighted by atomic mass is 9.77. The van der Waals surface area contributed by atoms with Gasteiger partial charge >= 0.3 is 0 Å². The summed E-state index contributed by atoms with van der Waals surface area (Å²) in [6.45, 7) is 21.5. The number of allylic oxidation sites excluding steroid dienone is 5. The largest absolute Gasteiger partial charge is 0.506 e. The van der Waals surface area contributed by atoms with Gasteiger partial charge in [-0.15, -0.1) is 0 Å². The average molecular weight is 1330 g/mol. The third-order valence-corrected chi connectivity index (χ3v) is 21.7. The van der Waals surface area contributed by atoms with Crippen molar-refractivity contribution in [3.63, 3.8) is 0 Å². The number of aryl methyl sites for hydroxylation is 2. The smallest absolute Gasteiger partial charge is 0.209 e. The van der Waals surface area contributed by atoms with Crippen LogP contribution in [-0.4, -0.2) is 63.3 Å². The molecule has 0 spiro atoms. The first-order valence-corrected chi connectivity index (χ1v) is 38.4. The number of aliphatic hydroxyl groups excluding tert-OH is 1. The molecule has 0 unspecified atom stereocenters. The lowest BCUT2D eigenvalue weighted by molar-refractivity contribution is -0.438. The van der Waals surface area contributed by atoms with E-state index < -0.39 is 10.8 Å². The molecular weight excluding hydrogens is 1230 g/mol. The molecule has 514 valence electrons. The van der Waals surface area contributed by atoms with E-state index in [2.05, 4.69) is 183 Å². The minimum absolute atomic E-state index is 0.0614. The van der Waals surface area contributed by atoms with Gasteiger partial charge in [0.05, 0.1) is 49.7 Å². The molecule has 3 aliphatic rings. The number of aliphatic hydroxyl groups is 1. The van der Waals surface area contributed by atoms with Gasteiger partial charge in [0.2, 0.25) is 11.5 Å². The molecule has 4 aromatic heterocycles. The van der Waals surface area contributed by atoms with E-state index in [1.807, 2.05) is 48.6 Å². The van der Waals surface area contributed by atoms with Gasteiger partial charge in [0, 0.05) is 93.6 Å². The van der Waals surface area contributed by atoms with Gasteiger partial charge in [-0.3, -0.25) is 4.79 Å². The summed E-state index contributed by atoms with van der Waals surface area (Å²) in [7, 11) is 0. The summed E-state index contributed by atoms with van der Waals surface area (Å²) in [5.41, 5.74) is 19.8. The van der Waals surface area contributed by atoms with Gasteiger partial charge in [0.25, 0.3) is 0 Å². The zero-order valence-corrected chi connectivity index (χ0v) is 60.9. The summed E-state index contributed by atoms with van der Waals surface area (Å²) in [5, 5.41) is 14.6. The van der Waals surface area contributed by atoms with Crippen molar-refractivity contribution in [3.05, 3.63) is 189 Å². The number of rotatable bonds is 30. The van der Waals surface area contributed by atoms with Crippen LogP contribution >= 0.6 is 0 Å². The number of carbonyl (C=O) groups is 1.